The molecule has 10 heavy (non-hydrogen) atoms. The van der Waals surface area contributed by atoms with Gasteiger partial charge in [0.2, 0.25) is 0 Å². The van der Waals surface area contributed by atoms with Crippen LogP contribution in [-0.4, -0.2) is 19.4 Å². The van der Waals surface area contributed by atoms with Crippen molar-refractivity contribution in [3.05, 3.63) is 0 Å². The summed E-state index contributed by atoms with van der Waals surface area (Å²) in [6.45, 7) is 0. The van der Waals surface area contributed by atoms with E-state index >= 15 is 0 Å². The number of esters is 1. The molecule has 0 aromatic heterocycles. The zero-order valence-electron chi connectivity index (χ0n) is 5.87. The van der Waals surface area contributed by atoms with E-state index in [1.807, 2.05) is 0 Å². The fraction of sp³-hybridized carbons (Fsp3) is 0.714. The summed E-state index contributed by atoms with van der Waals surface area (Å²) in [6.07, 6.45) is 2.26. The van der Waals surface area contributed by atoms with Crippen LogP contribution >= 0.6 is 0 Å². The second-order valence-electron chi connectivity index (χ2n) is 2.59. The van der Waals surface area contributed by atoms with Gasteiger partial charge in [-0.1, -0.05) is 0 Å². The van der Waals surface area contributed by atoms with Crippen LogP contribution < -0.4 is 0 Å². The summed E-state index contributed by atoms with van der Waals surface area (Å²) in [7, 11) is 1.37. The lowest BCUT2D eigenvalue weighted by Gasteiger charge is -2.28. The molecule has 0 radical (unpaired) electrons. The highest BCUT2D eigenvalue weighted by molar-refractivity contribution is 5.75. The van der Waals surface area contributed by atoms with E-state index in [9.17, 15) is 9.59 Å². The predicted molar refractivity (Wildman–Crippen MR) is 34.3 cm³/mol. The average Bonchev–Trinajstić information content (AvgIpc) is 1.85. The molecule has 3 nitrogen and oxygen atoms in total. The molecule has 56 valence electrons. The molecule has 0 aliphatic heterocycles. The highest BCUT2D eigenvalue weighted by Crippen LogP contribution is 2.32. The molecule has 0 atom stereocenters. The Morgan fingerprint density at radius 1 is 1.60 bits per heavy atom. The number of aldehydes is 1. The number of ether oxygens (including phenoxy) is 1. The molecule has 0 saturated heterocycles. The van der Waals surface area contributed by atoms with Gasteiger partial charge >= 0.3 is 5.97 Å². The van der Waals surface area contributed by atoms with Gasteiger partial charge in [0.05, 0.1) is 13.0 Å². The first-order chi connectivity index (χ1) is 4.77. The van der Waals surface area contributed by atoms with E-state index in [0.29, 0.717) is 12.8 Å². The molecular weight excluding hydrogens is 132 g/mol. The Balaban J connectivity index is 2.25. The van der Waals surface area contributed by atoms with E-state index in [4.69, 9.17) is 0 Å². The van der Waals surface area contributed by atoms with Crippen LogP contribution in [-0.2, 0) is 14.3 Å². The first kappa shape index (κ1) is 7.25. The second-order valence-corrected chi connectivity index (χ2v) is 2.59. The van der Waals surface area contributed by atoms with Gasteiger partial charge in [0.1, 0.15) is 6.29 Å². The molecule has 0 heterocycles. The van der Waals surface area contributed by atoms with E-state index in [2.05, 4.69) is 4.74 Å². The average molecular weight is 142 g/mol. The molecule has 1 rings (SSSR count). The van der Waals surface area contributed by atoms with Crippen molar-refractivity contribution in [2.75, 3.05) is 7.11 Å². The van der Waals surface area contributed by atoms with Gasteiger partial charge in [-0.3, -0.25) is 4.79 Å². The number of carbonyl (C=O) groups is 2. The van der Waals surface area contributed by atoms with E-state index in [1.54, 1.807) is 0 Å². The van der Waals surface area contributed by atoms with Crippen LogP contribution in [0.25, 0.3) is 0 Å². The third-order valence-corrected chi connectivity index (χ3v) is 1.90. The van der Waals surface area contributed by atoms with Crippen LogP contribution in [0.5, 0.6) is 0 Å². The maximum absolute atomic E-state index is 10.7. The van der Waals surface area contributed by atoms with Crippen molar-refractivity contribution in [3.8, 4) is 0 Å². The summed E-state index contributed by atoms with van der Waals surface area (Å²) in [5.41, 5.74) is 0. The van der Waals surface area contributed by atoms with Gasteiger partial charge < -0.3 is 9.53 Å². The third kappa shape index (κ3) is 1.17. The molecule has 0 aromatic rings. The van der Waals surface area contributed by atoms with E-state index in [-0.39, 0.29) is 17.8 Å². The Kier molecular flexibility index (Phi) is 2.04. The minimum absolute atomic E-state index is 0.0137. The zero-order valence-corrected chi connectivity index (χ0v) is 5.87. The van der Waals surface area contributed by atoms with Gasteiger partial charge in [0.25, 0.3) is 0 Å². The lowest BCUT2D eigenvalue weighted by molar-refractivity contribution is -0.150. The van der Waals surface area contributed by atoms with Crippen LogP contribution in [0.3, 0.4) is 0 Å². The van der Waals surface area contributed by atoms with Gasteiger partial charge in [-0.15, -0.1) is 0 Å². The molecule has 0 amide bonds. The largest absolute Gasteiger partial charge is 0.469 e. The molecule has 0 bridgehead atoms. The Morgan fingerprint density at radius 2 is 2.20 bits per heavy atom. The summed E-state index contributed by atoms with van der Waals surface area (Å²) in [5.74, 6) is -0.0950. The highest BCUT2D eigenvalue weighted by Gasteiger charge is 2.34. The fourth-order valence-electron chi connectivity index (χ4n) is 1.13. The first-order valence-corrected chi connectivity index (χ1v) is 3.31. The molecule has 3 heteroatoms. The number of hydrogen-bond acceptors (Lipinski definition) is 3. The lowest BCUT2D eigenvalue weighted by Crippen LogP contribution is -2.31. The summed E-state index contributed by atoms with van der Waals surface area (Å²) < 4.78 is 4.49. The minimum Gasteiger partial charge on any atom is -0.469 e. The van der Waals surface area contributed by atoms with Crippen molar-refractivity contribution in [1.82, 2.24) is 0 Å². The van der Waals surface area contributed by atoms with Crippen LogP contribution in [0.1, 0.15) is 12.8 Å². The molecule has 0 aromatic carbocycles. The van der Waals surface area contributed by atoms with E-state index in [1.165, 1.54) is 7.11 Å². The van der Waals surface area contributed by atoms with Gasteiger partial charge in [-0.2, -0.15) is 0 Å². The Morgan fingerprint density at radius 3 is 2.60 bits per heavy atom. The molecule has 1 aliphatic carbocycles. The predicted octanol–water partition coefficient (Wildman–Crippen LogP) is 0.384. The lowest BCUT2D eigenvalue weighted by atomic mass is 9.76. The van der Waals surface area contributed by atoms with Crippen molar-refractivity contribution in [2.45, 2.75) is 12.8 Å². The second kappa shape index (κ2) is 2.82. The number of carbonyl (C=O) groups excluding carboxylic acids is 2. The maximum Gasteiger partial charge on any atom is 0.308 e. The normalized spacial score (nSPS) is 30.5. The Labute approximate surface area is 59.4 Å². The summed E-state index contributed by atoms with van der Waals surface area (Å²) in [4.78, 5) is 20.8. The van der Waals surface area contributed by atoms with Crippen molar-refractivity contribution in [2.24, 2.45) is 11.8 Å². The molecule has 1 aliphatic rings. The molecule has 1 saturated carbocycles. The van der Waals surface area contributed by atoms with Gasteiger partial charge in [-0.25, -0.2) is 0 Å². The number of methoxy groups -OCH3 is 1. The standard InChI is InChI=1S/C7H10O3/c1-10-7(9)6-2-5(3-6)4-8/h4-6H,2-3H2,1H3/t5-,6-. The van der Waals surface area contributed by atoms with Crippen LogP contribution in [0.4, 0.5) is 0 Å². The van der Waals surface area contributed by atoms with Crippen LogP contribution in [0, 0.1) is 11.8 Å². The number of hydrogen-bond donors (Lipinski definition) is 0. The van der Waals surface area contributed by atoms with Gasteiger partial charge in [0, 0.05) is 5.92 Å². The molecule has 1 fully saturated rings. The monoisotopic (exact) mass is 142 g/mol. The van der Waals surface area contributed by atoms with Gasteiger partial charge in [-0.05, 0) is 12.8 Å². The Hall–Kier alpha value is -0.860. The van der Waals surface area contributed by atoms with E-state index < -0.39 is 0 Å². The van der Waals surface area contributed by atoms with Crippen molar-refractivity contribution >= 4 is 12.3 Å². The Bertz CT molecular complexity index is 147. The highest BCUT2D eigenvalue weighted by atomic mass is 16.5. The molecular formula is C7H10O3. The first-order valence-electron chi connectivity index (χ1n) is 3.31. The minimum atomic E-state index is -0.182. The summed E-state index contributed by atoms with van der Waals surface area (Å²) in [5, 5.41) is 0. The van der Waals surface area contributed by atoms with Crippen molar-refractivity contribution in [3.63, 3.8) is 0 Å². The SMILES string of the molecule is COC(=O)[C@H]1C[C@H](C=O)C1. The third-order valence-electron chi connectivity index (χ3n) is 1.90. The van der Waals surface area contributed by atoms with Crippen molar-refractivity contribution in [1.29, 1.82) is 0 Å². The van der Waals surface area contributed by atoms with E-state index in [0.717, 1.165) is 6.29 Å². The fourth-order valence-corrected chi connectivity index (χ4v) is 1.13. The van der Waals surface area contributed by atoms with Crippen molar-refractivity contribution < 1.29 is 14.3 Å². The van der Waals surface area contributed by atoms with Crippen LogP contribution in [0.2, 0.25) is 0 Å². The number of rotatable bonds is 2. The summed E-state index contributed by atoms with van der Waals surface area (Å²) >= 11 is 0. The molecule has 0 N–H and O–H groups in total. The topological polar surface area (TPSA) is 43.4 Å². The quantitative estimate of drug-likeness (QED) is 0.413. The maximum atomic E-state index is 10.7. The zero-order chi connectivity index (χ0) is 7.56. The van der Waals surface area contributed by atoms with Crippen LogP contribution in [0.15, 0.2) is 0 Å². The molecule has 0 unspecified atom stereocenters. The van der Waals surface area contributed by atoms with Gasteiger partial charge in [0.15, 0.2) is 0 Å². The molecule has 0 spiro atoms. The summed E-state index contributed by atoms with van der Waals surface area (Å²) in [6, 6.07) is 0. The smallest absolute Gasteiger partial charge is 0.308 e.